The van der Waals surface area contributed by atoms with Crippen LogP contribution in [0.5, 0.6) is 5.75 Å². The molecule has 1 heterocycles. The molecule has 0 saturated heterocycles. The summed E-state index contributed by atoms with van der Waals surface area (Å²) in [5, 5.41) is 13.9. The van der Waals surface area contributed by atoms with Crippen molar-refractivity contribution in [3.63, 3.8) is 0 Å². The van der Waals surface area contributed by atoms with Crippen molar-refractivity contribution in [2.75, 3.05) is 6.61 Å². The number of ether oxygens (including phenoxy) is 1. The highest BCUT2D eigenvalue weighted by Gasteiger charge is 1.98. The van der Waals surface area contributed by atoms with E-state index in [0.717, 1.165) is 23.3 Å². The number of thiophene rings is 1. The molecule has 0 aliphatic carbocycles. The smallest absolute Gasteiger partial charge is 0.174 e. The molecular weight excluding hydrogens is 324 g/mol. The Morgan fingerprint density at radius 3 is 2.68 bits per heavy atom. The minimum Gasteiger partial charge on any atom is -0.479 e. The molecule has 0 aliphatic heterocycles. The summed E-state index contributed by atoms with van der Waals surface area (Å²) in [4.78, 5) is 1.31. The third-order valence-corrected chi connectivity index (χ3v) is 4.17. The molecule has 0 bridgehead atoms. The second kappa shape index (κ2) is 7.29. The Morgan fingerprint density at radius 1 is 1.26 bits per heavy atom. The van der Waals surface area contributed by atoms with Crippen molar-refractivity contribution in [2.45, 2.75) is 13.1 Å². The molecule has 1 aromatic carbocycles. The summed E-state index contributed by atoms with van der Waals surface area (Å²) in [5.41, 5.74) is 1.19. The maximum atomic E-state index is 8.42. The average molecular weight is 337 g/mol. The van der Waals surface area contributed by atoms with Gasteiger partial charge in [0.25, 0.3) is 0 Å². The first-order chi connectivity index (χ1) is 9.28. The molecule has 0 unspecified atom stereocenters. The van der Waals surface area contributed by atoms with Crippen molar-refractivity contribution in [2.24, 2.45) is 0 Å². The molecule has 0 radical (unpaired) electrons. The van der Waals surface area contributed by atoms with E-state index in [1.165, 1.54) is 10.4 Å². The van der Waals surface area contributed by atoms with Crippen LogP contribution < -0.4 is 10.1 Å². The third-order valence-electron chi connectivity index (χ3n) is 2.48. The minimum absolute atomic E-state index is 0.0881. The van der Waals surface area contributed by atoms with Gasteiger partial charge in [-0.25, -0.2) is 0 Å². The van der Waals surface area contributed by atoms with Gasteiger partial charge in [-0.2, -0.15) is 5.26 Å². The molecule has 5 heteroatoms. The predicted octanol–water partition coefficient (Wildman–Crippen LogP) is 3.70. The lowest BCUT2D eigenvalue weighted by atomic mass is 10.2. The number of hydrogen-bond acceptors (Lipinski definition) is 4. The molecule has 0 spiro atoms. The Morgan fingerprint density at radius 2 is 2.05 bits per heavy atom. The Kier molecular flexibility index (Phi) is 5.40. The van der Waals surface area contributed by atoms with Crippen LogP contribution in [0.4, 0.5) is 0 Å². The first-order valence-electron chi connectivity index (χ1n) is 5.80. The van der Waals surface area contributed by atoms with E-state index in [-0.39, 0.29) is 6.61 Å². The van der Waals surface area contributed by atoms with Crippen LogP contribution in [0.15, 0.2) is 40.2 Å². The van der Waals surface area contributed by atoms with Crippen LogP contribution in [-0.4, -0.2) is 6.61 Å². The van der Waals surface area contributed by atoms with E-state index in [1.54, 1.807) is 11.3 Å². The van der Waals surface area contributed by atoms with Gasteiger partial charge in [-0.3, -0.25) is 0 Å². The summed E-state index contributed by atoms with van der Waals surface area (Å²) in [6.07, 6.45) is 0. The summed E-state index contributed by atoms with van der Waals surface area (Å²) >= 11 is 5.18. The van der Waals surface area contributed by atoms with Gasteiger partial charge in [-0.05, 0) is 39.7 Å². The summed E-state index contributed by atoms with van der Waals surface area (Å²) in [7, 11) is 0. The predicted molar refractivity (Wildman–Crippen MR) is 80.1 cm³/mol. The molecule has 0 amide bonds. The molecule has 98 valence electrons. The van der Waals surface area contributed by atoms with E-state index in [9.17, 15) is 0 Å². The molecule has 3 nitrogen and oxygen atoms in total. The van der Waals surface area contributed by atoms with Crippen LogP contribution in [0.3, 0.4) is 0 Å². The number of nitriles is 1. The van der Waals surface area contributed by atoms with Crippen molar-refractivity contribution in [3.05, 3.63) is 50.6 Å². The second-order valence-electron chi connectivity index (χ2n) is 3.93. The SMILES string of the molecule is N#CCOc1ccc(CNCc2cc(Br)cs2)cc1. The van der Waals surface area contributed by atoms with Gasteiger partial charge < -0.3 is 10.1 Å². The third kappa shape index (κ3) is 4.67. The normalized spacial score (nSPS) is 10.1. The first-order valence-corrected chi connectivity index (χ1v) is 7.47. The number of halogens is 1. The molecule has 1 aromatic heterocycles. The van der Waals surface area contributed by atoms with Gasteiger partial charge in [0.15, 0.2) is 6.61 Å². The molecule has 0 fully saturated rings. The number of rotatable bonds is 6. The van der Waals surface area contributed by atoms with E-state index < -0.39 is 0 Å². The van der Waals surface area contributed by atoms with E-state index in [4.69, 9.17) is 10.00 Å². The lowest BCUT2D eigenvalue weighted by Gasteiger charge is -2.05. The first kappa shape index (κ1) is 14.1. The average Bonchev–Trinajstić information content (AvgIpc) is 2.84. The van der Waals surface area contributed by atoms with Crippen molar-refractivity contribution in [3.8, 4) is 11.8 Å². The van der Waals surface area contributed by atoms with Crippen LogP contribution in [0, 0.1) is 11.3 Å². The number of nitrogens with zero attached hydrogens (tertiary/aromatic N) is 1. The Bertz CT molecular complexity index is 560. The fraction of sp³-hybridized carbons (Fsp3) is 0.214. The largest absolute Gasteiger partial charge is 0.479 e. The number of nitrogens with one attached hydrogen (secondary N) is 1. The zero-order valence-electron chi connectivity index (χ0n) is 10.2. The zero-order chi connectivity index (χ0) is 13.5. The Labute approximate surface area is 125 Å². The molecule has 0 aliphatic rings. The highest BCUT2D eigenvalue weighted by molar-refractivity contribution is 9.10. The van der Waals surface area contributed by atoms with E-state index in [2.05, 4.69) is 32.7 Å². The van der Waals surface area contributed by atoms with Crippen LogP contribution in [0.25, 0.3) is 0 Å². The van der Waals surface area contributed by atoms with E-state index in [0.29, 0.717) is 0 Å². The van der Waals surface area contributed by atoms with Gasteiger partial charge in [-0.1, -0.05) is 12.1 Å². The molecule has 0 atom stereocenters. The second-order valence-corrected chi connectivity index (χ2v) is 5.84. The Balaban J connectivity index is 1.78. The van der Waals surface area contributed by atoms with Gasteiger partial charge in [0.05, 0.1) is 0 Å². The monoisotopic (exact) mass is 336 g/mol. The molecule has 1 N–H and O–H groups in total. The quantitative estimate of drug-likeness (QED) is 0.874. The molecule has 19 heavy (non-hydrogen) atoms. The van der Waals surface area contributed by atoms with Gasteiger partial charge >= 0.3 is 0 Å². The zero-order valence-corrected chi connectivity index (χ0v) is 12.6. The summed E-state index contributed by atoms with van der Waals surface area (Å²) in [6.45, 7) is 1.77. The van der Waals surface area contributed by atoms with E-state index >= 15 is 0 Å². The van der Waals surface area contributed by atoms with Crippen LogP contribution in [-0.2, 0) is 13.1 Å². The van der Waals surface area contributed by atoms with E-state index in [1.807, 2.05) is 30.3 Å². The summed E-state index contributed by atoms with van der Waals surface area (Å²) in [6, 6.07) is 11.8. The summed E-state index contributed by atoms with van der Waals surface area (Å²) < 4.78 is 6.33. The Hall–Kier alpha value is -1.35. The van der Waals surface area contributed by atoms with Gasteiger partial charge in [-0.15, -0.1) is 11.3 Å². The number of benzene rings is 1. The van der Waals surface area contributed by atoms with Crippen molar-refractivity contribution in [1.29, 1.82) is 5.26 Å². The lowest BCUT2D eigenvalue weighted by Crippen LogP contribution is -2.11. The maximum absolute atomic E-state index is 8.42. The number of hydrogen-bond donors (Lipinski definition) is 1. The molecule has 2 rings (SSSR count). The fourth-order valence-electron chi connectivity index (χ4n) is 1.60. The highest BCUT2D eigenvalue weighted by Crippen LogP contribution is 2.19. The molecular formula is C14H13BrN2OS. The van der Waals surface area contributed by atoms with Crippen LogP contribution in [0.1, 0.15) is 10.4 Å². The maximum Gasteiger partial charge on any atom is 0.174 e. The topological polar surface area (TPSA) is 45.0 Å². The van der Waals surface area contributed by atoms with Gasteiger partial charge in [0, 0.05) is 27.8 Å². The lowest BCUT2D eigenvalue weighted by molar-refractivity contribution is 0.368. The molecule has 2 aromatic rings. The van der Waals surface area contributed by atoms with Crippen LogP contribution in [0.2, 0.25) is 0 Å². The van der Waals surface area contributed by atoms with Gasteiger partial charge in [0.1, 0.15) is 11.8 Å². The minimum atomic E-state index is 0.0881. The van der Waals surface area contributed by atoms with Crippen LogP contribution >= 0.6 is 27.3 Å². The van der Waals surface area contributed by atoms with Crippen molar-refractivity contribution >= 4 is 27.3 Å². The van der Waals surface area contributed by atoms with Gasteiger partial charge in [0.2, 0.25) is 0 Å². The fourth-order valence-corrected chi connectivity index (χ4v) is 3.02. The highest BCUT2D eigenvalue weighted by atomic mass is 79.9. The van der Waals surface area contributed by atoms with Crippen molar-refractivity contribution < 1.29 is 4.74 Å². The summed E-state index contributed by atoms with van der Waals surface area (Å²) in [5.74, 6) is 0.729. The standard InChI is InChI=1S/C14H13BrN2OS/c15-12-7-14(19-10-12)9-17-8-11-1-3-13(4-2-11)18-6-5-16/h1-4,7,10,17H,6,8-9H2. The van der Waals surface area contributed by atoms with Crippen molar-refractivity contribution in [1.82, 2.24) is 5.32 Å². The molecule has 0 saturated carbocycles.